The summed E-state index contributed by atoms with van der Waals surface area (Å²) in [6.07, 6.45) is 2.53. The first-order valence-corrected chi connectivity index (χ1v) is 9.82. The van der Waals surface area contributed by atoms with E-state index in [1.54, 1.807) is 49.6 Å². The third kappa shape index (κ3) is 7.54. The van der Waals surface area contributed by atoms with Gasteiger partial charge in [-0.1, -0.05) is 27.5 Å². The monoisotopic (exact) mass is 468 g/mol. The Balaban J connectivity index is 1.86. The van der Waals surface area contributed by atoms with E-state index in [1.165, 1.54) is 6.08 Å². The lowest BCUT2D eigenvalue weighted by Crippen LogP contribution is -2.17. The molecule has 150 valence electrons. The minimum absolute atomic E-state index is 0.140. The van der Waals surface area contributed by atoms with Crippen molar-refractivity contribution in [3.63, 3.8) is 0 Å². The summed E-state index contributed by atoms with van der Waals surface area (Å²) >= 11 is 9.51. The largest absolute Gasteiger partial charge is 0.487 e. The molecule has 0 fully saturated rings. The van der Waals surface area contributed by atoms with Gasteiger partial charge in [0.05, 0.1) is 11.1 Å². The standard InChI is InChI=1S/C21H22BrClO5/c1-14(4-11-21(24)26-13-15(2)25-3)27-17-6-8-18(9-7-17)28-20-10-5-16(22)12-19(20)23/h4-12,14-15H,13H2,1-3H3. The van der Waals surface area contributed by atoms with Crippen LogP contribution in [0, 0.1) is 0 Å². The Kier molecular flexibility index (Phi) is 8.83. The summed E-state index contributed by atoms with van der Waals surface area (Å²) in [4.78, 5) is 11.6. The van der Waals surface area contributed by atoms with E-state index in [0.717, 1.165) is 4.47 Å². The first-order chi connectivity index (χ1) is 13.4. The fourth-order valence-corrected chi connectivity index (χ4v) is 2.77. The van der Waals surface area contributed by atoms with E-state index < -0.39 is 5.97 Å². The van der Waals surface area contributed by atoms with Crippen molar-refractivity contribution in [2.24, 2.45) is 0 Å². The highest BCUT2D eigenvalue weighted by Crippen LogP contribution is 2.32. The lowest BCUT2D eigenvalue weighted by atomic mass is 10.3. The Bertz CT molecular complexity index is 807. The zero-order valence-corrected chi connectivity index (χ0v) is 18.2. The predicted octanol–water partition coefficient (Wildman–Crippen LogP) is 5.80. The molecule has 2 aromatic carbocycles. The zero-order valence-electron chi connectivity index (χ0n) is 15.9. The molecule has 0 aromatic heterocycles. The van der Waals surface area contributed by atoms with Crippen LogP contribution < -0.4 is 9.47 Å². The Morgan fingerprint density at radius 2 is 1.82 bits per heavy atom. The van der Waals surface area contributed by atoms with Crippen LogP contribution in [0.3, 0.4) is 0 Å². The first-order valence-electron chi connectivity index (χ1n) is 8.64. The Labute approximate surface area is 178 Å². The Hall–Kier alpha value is -2.02. The van der Waals surface area contributed by atoms with E-state index in [4.69, 9.17) is 30.5 Å². The Morgan fingerprint density at radius 3 is 2.46 bits per heavy atom. The molecule has 0 aliphatic rings. The first kappa shape index (κ1) is 22.3. The smallest absolute Gasteiger partial charge is 0.330 e. The van der Waals surface area contributed by atoms with Crippen molar-refractivity contribution in [3.05, 3.63) is 64.1 Å². The van der Waals surface area contributed by atoms with E-state index in [2.05, 4.69) is 15.9 Å². The van der Waals surface area contributed by atoms with Crippen LogP contribution in [0.1, 0.15) is 13.8 Å². The number of hydrogen-bond acceptors (Lipinski definition) is 5. The molecule has 7 heteroatoms. The maximum absolute atomic E-state index is 11.6. The van der Waals surface area contributed by atoms with Crippen LogP contribution in [0.2, 0.25) is 5.02 Å². The molecule has 28 heavy (non-hydrogen) atoms. The van der Waals surface area contributed by atoms with Gasteiger partial charge in [0.15, 0.2) is 0 Å². The van der Waals surface area contributed by atoms with Gasteiger partial charge in [0.1, 0.15) is 30.0 Å². The van der Waals surface area contributed by atoms with Crippen LogP contribution in [0.15, 0.2) is 59.1 Å². The fourth-order valence-electron chi connectivity index (χ4n) is 2.05. The van der Waals surface area contributed by atoms with Crippen LogP contribution in [-0.4, -0.2) is 31.9 Å². The van der Waals surface area contributed by atoms with Gasteiger partial charge in [-0.3, -0.25) is 0 Å². The van der Waals surface area contributed by atoms with Crippen molar-refractivity contribution < 1.29 is 23.7 Å². The molecule has 0 bridgehead atoms. The molecule has 0 amide bonds. The molecule has 0 saturated heterocycles. The minimum atomic E-state index is -0.436. The quantitative estimate of drug-likeness (QED) is 0.343. The highest BCUT2D eigenvalue weighted by Gasteiger charge is 2.07. The molecule has 0 spiro atoms. The van der Waals surface area contributed by atoms with Crippen molar-refractivity contribution in [2.45, 2.75) is 26.1 Å². The maximum Gasteiger partial charge on any atom is 0.330 e. The summed E-state index contributed by atoms with van der Waals surface area (Å²) in [5, 5.41) is 0.514. The molecule has 0 radical (unpaired) electrons. The van der Waals surface area contributed by atoms with Crippen molar-refractivity contribution in [1.29, 1.82) is 0 Å². The van der Waals surface area contributed by atoms with Gasteiger partial charge in [-0.25, -0.2) is 4.79 Å². The van der Waals surface area contributed by atoms with Crippen LogP contribution in [0.5, 0.6) is 17.2 Å². The van der Waals surface area contributed by atoms with Crippen molar-refractivity contribution in [3.8, 4) is 17.2 Å². The van der Waals surface area contributed by atoms with E-state index in [1.807, 2.05) is 19.9 Å². The van der Waals surface area contributed by atoms with Gasteiger partial charge < -0.3 is 18.9 Å². The van der Waals surface area contributed by atoms with Gasteiger partial charge in [0.2, 0.25) is 0 Å². The number of esters is 1. The molecule has 2 aromatic rings. The van der Waals surface area contributed by atoms with Crippen LogP contribution in [-0.2, 0) is 14.3 Å². The second kappa shape index (κ2) is 11.1. The number of halogens is 2. The average molecular weight is 470 g/mol. The van der Waals surface area contributed by atoms with Crippen LogP contribution >= 0.6 is 27.5 Å². The zero-order chi connectivity index (χ0) is 20.5. The summed E-state index contributed by atoms with van der Waals surface area (Å²) in [7, 11) is 1.56. The van der Waals surface area contributed by atoms with Crippen molar-refractivity contribution >= 4 is 33.5 Å². The fraction of sp³-hybridized carbons (Fsp3) is 0.286. The van der Waals surface area contributed by atoms with Gasteiger partial charge in [0, 0.05) is 17.7 Å². The third-order valence-corrected chi connectivity index (χ3v) is 4.42. The number of ether oxygens (including phenoxy) is 4. The molecule has 0 aliphatic carbocycles. The van der Waals surface area contributed by atoms with E-state index in [9.17, 15) is 4.79 Å². The summed E-state index contributed by atoms with van der Waals surface area (Å²) in [5.74, 6) is 1.41. The number of benzene rings is 2. The molecule has 2 rings (SSSR count). The summed E-state index contributed by atoms with van der Waals surface area (Å²) in [6, 6.07) is 12.5. The van der Waals surface area contributed by atoms with Crippen molar-refractivity contribution in [1.82, 2.24) is 0 Å². The topological polar surface area (TPSA) is 54.0 Å². The van der Waals surface area contributed by atoms with E-state index in [0.29, 0.717) is 22.3 Å². The predicted molar refractivity (Wildman–Crippen MR) is 112 cm³/mol. The lowest BCUT2D eigenvalue weighted by molar-refractivity contribution is -0.140. The Morgan fingerprint density at radius 1 is 1.14 bits per heavy atom. The number of carbonyl (C=O) groups is 1. The molecule has 0 heterocycles. The molecule has 0 N–H and O–H groups in total. The summed E-state index contributed by atoms with van der Waals surface area (Å²) in [5.41, 5.74) is 0. The number of hydrogen-bond donors (Lipinski definition) is 0. The average Bonchev–Trinajstić information content (AvgIpc) is 2.68. The lowest BCUT2D eigenvalue weighted by Gasteiger charge is -2.12. The number of methoxy groups -OCH3 is 1. The summed E-state index contributed by atoms with van der Waals surface area (Å²) in [6.45, 7) is 3.85. The van der Waals surface area contributed by atoms with Crippen LogP contribution in [0.4, 0.5) is 0 Å². The molecule has 0 aliphatic heterocycles. The van der Waals surface area contributed by atoms with Crippen LogP contribution in [0.25, 0.3) is 0 Å². The SMILES string of the molecule is COC(C)COC(=O)C=CC(C)Oc1ccc(Oc2ccc(Br)cc2Cl)cc1. The van der Waals surface area contributed by atoms with E-state index in [-0.39, 0.29) is 18.8 Å². The summed E-state index contributed by atoms with van der Waals surface area (Å²) < 4.78 is 22.5. The molecule has 0 saturated carbocycles. The molecule has 2 atom stereocenters. The molecular formula is C21H22BrClO5. The van der Waals surface area contributed by atoms with Gasteiger partial charge in [-0.15, -0.1) is 0 Å². The normalized spacial score (nSPS) is 13.2. The van der Waals surface area contributed by atoms with Crippen molar-refractivity contribution in [2.75, 3.05) is 13.7 Å². The highest BCUT2D eigenvalue weighted by molar-refractivity contribution is 9.10. The van der Waals surface area contributed by atoms with Gasteiger partial charge in [-0.2, -0.15) is 0 Å². The third-order valence-electron chi connectivity index (χ3n) is 3.63. The minimum Gasteiger partial charge on any atom is -0.487 e. The van der Waals surface area contributed by atoms with Gasteiger partial charge in [-0.05, 0) is 62.4 Å². The van der Waals surface area contributed by atoms with E-state index >= 15 is 0 Å². The second-order valence-corrected chi connectivity index (χ2v) is 7.33. The maximum atomic E-state index is 11.6. The van der Waals surface area contributed by atoms with Gasteiger partial charge >= 0.3 is 5.97 Å². The molecule has 2 unspecified atom stereocenters. The highest BCUT2D eigenvalue weighted by atomic mass is 79.9. The number of rotatable bonds is 9. The second-order valence-electron chi connectivity index (χ2n) is 6.01. The molecular weight excluding hydrogens is 448 g/mol. The van der Waals surface area contributed by atoms with Gasteiger partial charge in [0.25, 0.3) is 0 Å². The number of carbonyl (C=O) groups excluding carboxylic acids is 1. The molecule has 5 nitrogen and oxygen atoms in total.